The average molecular weight is 441 g/mol. The molecule has 0 saturated carbocycles. The van der Waals surface area contributed by atoms with Crippen LogP contribution in [-0.2, 0) is 13.1 Å². The first-order valence-corrected chi connectivity index (χ1v) is 11.0. The van der Waals surface area contributed by atoms with Crippen molar-refractivity contribution in [1.82, 2.24) is 15.5 Å². The predicted molar refractivity (Wildman–Crippen MR) is 124 cm³/mol. The summed E-state index contributed by atoms with van der Waals surface area (Å²) in [5.74, 6) is 4.05. The number of rotatable bonds is 8. The highest BCUT2D eigenvalue weighted by Gasteiger charge is 2.23. The van der Waals surface area contributed by atoms with E-state index in [2.05, 4.69) is 34.6 Å². The van der Waals surface area contributed by atoms with Gasteiger partial charge >= 0.3 is 0 Å². The van der Waals surface area contributed by atoms with Crippen LogP contribution in [0.2, 0.25) is 0 Å². The Morgan fingerprint density at radius 2 is 1.84 bits per heavy atom. The number of nitrogens with one attached hydrogen (secondary N) is 2. The third-order valence-electron chi connectivity index (χ3n) is 5.63. The van der Waals surface area contributed by atoms with Crippen LogP contribution in [0.25, 0.3) is 0 Å². The lowest BCUT2D eigenvalue weighted by atomic mass is 10.2. The number of aliphatic imine (C=N–C) groups is 1. The molecule has 8 nitrogen and oxygen atoms in total. The summed E-state index contributed by atoms with van der Waals surface area (Å²) in [5.41, 5.74) is 2.27. The predicted octanol–water partition coefficient (Wildman–Crippen LogP) is 2.76. The van der Waals surface area contributed by atoms with Gasteiger partial charge in [-0.1, -0.05) is 6.07 Å². The van der Waals surface area contributed by atoms with Crippen LogP contribution in [0.1, 0.15) is 24.5 Å². The van der Waals surface area contributed by atoms with Crippen LogP contribution in [0.4, 0.5) is 0 Å². The standard InChI is InChI=1S/C24H32N4O4/c1-4-25-24(26-13-17-5-6-22-23(11-17)32-16-31-22)27-19-7-8-28(15-19)14-18-9-20(29-2)12-21(10-18)30-3/h5-6,9-12,19H,4,7-8,13-16H2,1-3H3,(H2,25,26,27). The number of hydrogen-bond acceptors (Lipinski definition) is 6. The van der Waals surface area contributed by atoms with Crippen LogP contribution >= 0.6 is 0 Å². The molecule has 0 radical (unpaired) electrons. The van der Waals surface area contributed by atoms with Gasteiger partial charge in [-0.2, -0.15) is 0 Å². The lowest BCUT2D eigenvalue weighted by Crippen LogP contribution is -2.44. The van der Waals surface area contributed by atoms with Gasteiger partial charge in [0, 0.05) is 38.3 Å². The quantitative estimate of drug-likeness (QED) is 0.483. The van der Waals surface area contributed by atoms with E-state index in [-0.39, 0.29) is 6.79 Å². The van der Waals surface area contributed by atoms with E-state index in [0.717, 1.165) is 67.1 Å². The van der Waals surface area contributed by atoms with Gasteiger partial charge < -0.3 is 29.6 Å². The first-order valence-electron chi connectivity index (χ1n) is 11.0. The third-order valence-corrected chi connectivity index (χ3v) is 5.63. The van der Waals surface area contributed by atoms with Crippen molar-refractivity contribution in [3.63, 3.8) is 0 Å². The van der Waals surface area contributed by atoms with Crippen LogP contribution in [0, 0.1) is 0 Å². The molecular formula is C24H32N4O4. The van der Waals surface area contributed by atoms with E-state index >= 15 is 0 Å². The van der Waals surface area contributed by atoms with E-state index in [1.165, 1.54) is 5.56 Å². The Labute approximate surface area is 189 Å². The maximum atomic E-state index is 5.47. The van der Waals surface area contributed by atoms with Gasteiger partial charge in [0.1, 0.15) is 11.5 Å². The summed E-state index contributed by atoms with van der Waals surface area (Å²) in [6, 6.07) is 12.3. The molecule has 0 bridgehead atoms. The van der Waals surface area contributed by atoms with E-state index in [0.29, 0.717) is 12.6 Å². The molecule has 0 aromatic heterocycles. The summed E-state index contributed by atoms with van der Waals surface area (Å²) < 4.78 is 21.7. The number of likely N-dealkylation sites (tertiary alicyclic amines) is 1. The van der Waals surface area contributed by atoms with E-state index in [4.69, 9.17) is 23.9 Å². The van der Waals surface area contributed by atoms with Gasteiger partial charge in [0.05, 0.1) is 20.8 Å². The van der Waals surface area contributed by atoms with Crippen molar-refractivity contribution in [2.75, 3.05) is 40.6 Å². The first kappa shape index (κ1) is 22.1. The van der Waals surface area contributed by atoms with Crippen molar-refractivity contribution in [2.24, 2.45) is 4.99 Å². The topological polar surface area (TPSA) is 76.6 Å². The monoisotopic (exact) mass is 440 g/mol. The molecule has 0 spiro atoms. The molecule has 2 aromatic rings. The van der Waals surface area contributed by atoms with Crippen LogP contribution in [0.15, 0.2) is 41.4 Å². The van der Waals surface area contributed by atoms with Gasteiger partial charge in [-0.3, -0.25) is 4.90 Å². The minimum Gasteiger partial charge on any atom is -0.497 e. The Hall–Kier alpha value is -3.13. The molecular weight excluding hydrogens is 408 g/mol. The van der Waals surface area contributed by atoms with E-state index < -0.39 is 0 Å². The molecule has 2 aliphatic heterocycles. The Bertz CT molecular complexity index is 927. The zero-order chi connectivity index (χ0) is 22.3. The van der Waals surface area contributed by atoms with Crippen LogP contribution in [0.3, 0.4) is 0 Å². The van der Waals surface area contributed by atoms with Crippen molar-refractivity contribution < 1.29 is 18.9 Å². The zero-order valence-electron chi connectivity index (χ0n) is 19.0. The molecule has 0 aliphatic carbocycles. The summed E-state index contributed by atoms with van der Waals surface area (Å²) >= 11 is 0. The van der Waals surface area contributed by atoms with E-state index in [9.17, 15) is 0 Å². The molecule has 172 valence electrons. The Kier molecular flexibility index (Phi) is 7.21. The van der Waals surface area contributed by atoms with Gasteiger partial charge in [-0.15, -0.1) is 0 Å². The molecule has 8 heteroatoms. The maximum Gasteiger partial charge on any atom is 0.231 e. The fourth-order valence-electron chi connectivity index (χ4n) is 4.03. The Morgan fingerprint density at radius 1 is 1.06 bits per heavy atom. The lowest BCUT2D eigenvalue weighted by Gasteiger charge is -2.19. The average Bonchev–Trinajstić information content (AvgIpc) is 3.46. The molecule has 1 fully saturated rings. The maximum absolute atomic E-state index is 5.47. The third kappa shape index (κ3) is 5.56. The number of methoxy groups -OCH3 is 2. The normalized spacial score (nSPS) is 18.0. The number of nitrogens with zero attached hydrogens (tertiary/aromatic N) is 2. The van der Waals surface area contributed by atoms with Crippen molar-refractivity contribution in [3.05, 3.63) is 47.5 Å². The van der Waals surface area contributed by atoms with Gasteiger partial charge in [-0.25, -0.2) is 4.99 Å². The Morgan fingerprint density at radius 3 is 2.59 bits per heavy atom. The first-order chi connectivity index (χ1) is 15.7. The second kappa shape index (κ2) is 10.5. The van der Waals surface area contributed by atoms with Gasteiger partial charge in [0.15, 0.2) is 17.5 Å². The van der Waals surface area contributed by atoms with Crippen molar-refractivity contribution >= 4 is 5.96 Å². The van der Waals surface area contributed by atoms with Gasteiger partial charge in [0.25, 0.3) is 0 Å². The second-order valence-electron chi connectivity index (χ2n) is 7.97. The molecule has 1 saturated heterocycles. The molecule has 2 N–H and O–H groups in total. The van der Waals surface area contributed by atoms with Crippen molar-refractivity contribution in [3.8, 4) is 23.0 Å². The summed E-state index contributed by atoms with van der Waals surface area (Å²) in [4.78, 5) is 7.21. The van der Waals surface area contributed by atoms with Crippen LogP contribution < -0.4 is 29.6 Å². The molecule has 32 heavy (non-hydrogen) atoms. The molecule has 2 aliphatic rings. The summed E-state index contributed by atoms with van der Waals surface area (Å²) in [5, 5.41) is 6.95. The smallest absolute Gasteiger partial charge is 0.231 e. The zero-order valence-corrected chi connectivity index (χ0v) is 19.0. The summed E-state index contributed by atoms with van der Waals surface area (Å²) in [6.07, 6.45) is 1.07. The molecule has 2 aromatic carbocycles. The van der Waals surface area contributed by atoms with Gasteiger partial charge in [-0.05, 0) is 48.7 Å². The highest BCUT2D eigenvalue weighted by molar-refractivity contribution is 5.80. The minimum absolute atomic E-state index is 0.285. The highest BCUT2D eigenvalue weighted by Crippen LogP contribution is 2.32. The molecule has 1 atom stereocenters. The van der Waals surface area contributed by atoms with Crippen molar-refractivity contribution in [2.45, 2.75) is 32.5 Å². The Balaban J connectivity index is 1.34. The summed E-state index contributed by atoms with van der Waals surface area (Å²) in [7, 11) is 3.36. The number of ether oxygens (including phenoxy) is 4. The van der Waals surface area contributed by atoms with E-state index in [1.807, 2.05) is 24.3 Å². The summed E-state index contributed by atoms with van der Waals surface area (Å²) in [6.45, 7) is 6.59. The minimum atomic E-state index is 0.285. The molecule has 2 heterocycles. The fraction of sp³-hybridized carbons (Fsp3) is 0.458. The number of benzene rings is 2. The lowest BCUT2D eigenvalue weighted by molar-refractivity contribution is 0.174. The van der Waals surface area contributed by atoms with Crippen molar-refractivity contribution in [1.29, 1.82) is 0 Å². The van der Waals surface area contributed by atoms with Gasteiger partial charge in [0.2, 0.25) is 6.79 Å². The highest BCUT2D eigenvalue weighted by atomic mass is 16.7. The molecule has 4 rings (SSSR count). The van der Waals surface area contributed by atoms with E-state index in [1.54, 1.807) is 14.2 Å². The SMILES string of the molecule is CCNC(=NCc1ccc2c(c1)OCO2)NC1CCN(Cc2cc(OC)cc(OC)c2)C1. The molecule has 0 amide bonds. The van der Waals surface area contributed by atoms with Crippen LogP contribution in [0.5, 0.6) is 23.0 Å². The number of guanidine groups is 1. The number of fused-ring (bicyclic) bond motifs is 1. The fourth-order valence-corrected chi connectivity index (χ4v) is 4.03. The largest absolute Gasteiger partial charge is 0.497 e. The second-order valence-corrected chi connectivity index (χ2v) is 7.97. The number of hydrogen-bond donors (Lipinski definition) is 2. The molecule has 1 unspecified atom stereocenters. The van der Waals surface area contributed by atoms with Crippen LogP contribution in [-0.4, -0.2) is 57.5 Å².